The number of para-hydroxylation sites is 2. The summed E-state index contributed by atoms with van der Waals surface area (Å²) in [5, 5.41) is 3.09. The van der Waals surface area contributed by atoms with Gasteiger partial charge in [-0.3, -0.25) is 0 Å². The number of piperidine rings is 1. The SMILES string of the molecule is CCn1c(CCNC(=O)N2C[C@H]3CC[C@@H](C2)C3OC)nc2ccccc21. The van der Waals surface area contributed by atoms with Crippen molar-refractivity contribution in [1.82, 2.24) is 19.8 Å². The molecule has 1 aliphatic heterocycles. The molecule has 4 rings (SSSR count). The van der Waals surface area contributed by atoms with Crippen molar-refractivity contribution in [1.29, 1.82) is 0 Å². The Bertz CT molecular complexity index is 773. The monoisotopic (exact) mass is 356 g/mol. The first-order valence-electron chi connectivity index (χ1n) is 9.71. The van der Waals surface area contributed by atoms with E-state index in [9.17, 15) is 4.79 Å². The van der Waals surface area contributed by atoms with Gasteiger partial charge in [0.2, 0.25) is 0 Å². The predicted molar refractivity (Wildman–Crippen MR) is 101 cm³/mol. The largest absolute Gasteiger partial charge is 0.381 e. The molecule has 1 aromatic heterocycles. The fourth-order valence-corrected chi connectivity index (χ4v) is 4.79. The minimum atomic E-state index is 0.0515. The van der Waals surface area contributed by atoms with E-state index < -0.39 is 0 Å². The van der Waals surface area contributed by atoms with Crippen LogP contribution in [0.3, 0.4) is 0 Å². The first-order valence-corrected chi connectivity index (χ1v) is 9.71. The summed E-state index contributed by atoms with van der Waals surface area (Å²) >= 11 is 0. The molecule has 1 N–H and O–H groups in total. The topological polar surface area (TPSA) is 59.4 Å². The molecule has 1 saturated carbocycles. The molecular weight excluding hydrogens is 328 g/mol. The molecule has 2 fully saturated rings. The Morgan fingerprint density at radius 1 is 1.27 bits per heavy atom. The summed E-state index contributed by atoms with van der Waals surface area (Å²) in [6.45, 7) is 5.26. The van der Waals surface area contributed by atoms with Gasteiger partial charge in [-0.1, -0.05) is 12.1 Å². The van der Waals surface area contributed by atoms with Crippen LogP contribution in [0, 0.1) is 11.8 Å². The molecule has 140 valence electrons. The highest BCUT2D eigenvalue weighted by Gasteiger charge is 2.43. The molecule has 2 bridgehead atoms. The number of nitrogens with one attached hydrogen (secondary N) is 1. The smallest absolute Gasteiger partial charge is 0.317 e. The molecule has 2 heterocycles. The van der Waals surface area contributed by atoms with Crippen molar-refractivity contribution in [2.24, 2.45) is 11.8 Å². The zero-order valence-corrected chi connectivity index (χ0v) is 15.6. The number of ether oxygens (including phenoxy) is 1. The number of aryl methyl sites for hydroxylation is 1. The minimum absolute atomic E-state index is 0.0515. The number of hydrogen-bond acceptors (Lipinski definition) is 3. The number of benzene rings is 1. The number of carbonyl (C=O) groups excluding carboxylic acids is 1. The van der Waals surface area contributed by atoms with E-state index in [4.69, 9.17) is 9.72 Å². The lowest BCUT2D eigenvalue weighted by molar-refractivity contribution is -0.00503. The fourth-order valence-electron chi connectivity index (χ4n) is 4.79. The number of amides is 2. The van der Waals surface area contributed by atoms with E-state index in [1.165, 1.54) is 12.8 Å². The molecule has 1 unspecified atom stereocenters. The maximum Gasteiger partial charge on any atom is 0.317 e. The summed E-state index contributed by atoms with van der Waals surface area (Å²) in [6.07, 6.45) is 3.43. The Kier molecular flexibility index (Phi) is 4.85. The summed E-state index contributed by atoms with van der Waals surface area (Å²) in [6, 6.07) is 8.25. The van der Waals surface area contributed by atoms with Crippen LogP contribution in [0.2, 0.25) is 0 Å². The van der Waals surface area contributed by atoms with Gasteiger partial charge < -0.3 is 19.5 Å². The lowest BCUT2D eigenvalue weighted by Gasteiger charge is -2.37. The second kappa shape index (κ2) is 7.27. The molecule has 2 amide bonds. The van der Waals surface area contributed by atoms with Crippen LogP contribution >= 0.6 is 0 Å². The number of urea groups is 1. The van der Waals surface area contributed by atoms with Gasteiger partial charge in [0, 0.05) is 51.5 Å². The first-order chi connectivity index (χ1) is 12.7. The zero-order chi connectivity index (χ0) is 18.1. The van der Waals surface area contributed by atoms with Crippen molar-refractivity contribution in [2.45, 2.75) is 38.8 Å². The number of nitrogens with zero attached hydrogens (tertiary/aromatic N) is 3. The molecule has 26 heavy (non-hydrogen) atoms. The lowest BCUT2D eigenvalue weighted by atomic mass is 9.95. The van der Waals surface area contributed by atoms with E-state index in [0.717, 1.165) is 42.9 Å². The minimum Gasteiger partial charge on any atom is -0.381 e. The number of hydrogen-bond donors (Lipinski definition) is 1. The fraction of sp³-hybridized carbons (Fsp3) is 0.600. The maximum atomic E-state index is 12.6. The van der Waals surface area contributed by atoms with Gasteiger partial charge in [0.25, 0.3) is 0 Å². The molecule has 3 atom stereocenters. The van der Waals surface area contributed by atoms with Crippen LogP contribution in [0.1, 0.15) is 25.6 Å². The third-order valence-electron chi connectivity index (χ3n) is 5.98. The summed E-state index contributed by atoms with van der Waals surface area (Å²) < 4.78 is 7.86. The quantitative estimate of drug-likeness (QED) is 0.896. The third-order valence-corrected chi connectivity index (χ3v) is 5.98. The zero-order valence-electron chi connectivity index (χ0n) is 15.6. The number of methoxy groups -OCH3 is 1. The third kappa shape index (κ3) is 3.07. The van der Waals surface area contributed by atoms with Gasteiger partial charge in [0.1, 0.15) is 5.82 Å². The van der Waals surface area contributed by atoms with Crippen LogP contribution in [0.25, 0.3) is 11.0 Å². The molecule has 0 spiro atoms. The summed E-state index contributed by atoms with van der Waals surface area (Å²) in [4.78, 5) is 19.3. The number of carbonyl (C=O) groups is 1. The summed E-state index contributed by atoms with van der Waals surface area (Å²) in [7, 11) is 1.80. The predicted octanol–water partition coefficient (Wildman–Crippen LogP) is 2.67. The second-order valence-corrected chi connectivity index (χ2v) is 7.45. The van der Waals surface area contributed by atoms with Gasteiger partial charge in [-0.05, 0) is 31.9 Å². The Labute approximate surface area is 154 Å². The number of fused-ring (bicyclic) bond motifs is 3. The molecule has 6 nitrogen and oxygen atoms in total. The van der Waals surface area contributed by atoms with Crippen molar-refractivity contribution in [3.8, 4) is 0 Å². The molecule has 2 aromatic rings. The van der Waals surface area contributed by atoms with Gasteiger partial charge in [-0.15, -0.1) is 0 Å². The van der Waals surface area contributed by atoms with Gasteiger partial charge in [-0.25, -0.2) is 9.78 Å². The lowest BCUT2D eigenvalue weighted by Crippen LogP contribution is -2.51. The Hall–Kier alpha value is -2.08. The van der Waals surface area contributed by atoms with Crippen molar-refractivity contribution in [2.75, 3.05) is 26.7 Å². The highest BCUT2D eigenvalue weighted by molar-refractivity contribution is 5.76. The van der Waals surface area contributed by atoms with Crippen LogP contribution in [0.15, 0.2) is 24.3 Å². The molecular formula is C20H28N4O2. The van der Waals surface area contributed by atoms with E-state index in [0.29, 0.717) is 24.5 Å². The Balaban J connectivity index is 1.35. The van der Waals surface area contributed by atoms with Crippen molar-refractivity contribution in [3.05, 3.63) is 30.1 Å². The molecule has 1 aromatic carbocycles. The van der Waals surface area contributed by atoms with Gasteiger partial charge in [0.05, 0.1) is 17.1 Å². The Morgan fingerprint density at radius 3 is 2.69 bits per heavy atom. The molecule has 0 radical (unpaired) electrons. The van der Waals surface area contributed by atoms with Crippen LogP contribution in [0.4, 0.5) is 4.79 Å². The van der Waals surface area contributed by atoms with E-state index in [2.05, 4.69) is 22.9 Å². The average Bonchev–Trinajstić information content (AvgIpc) is 3.14. The number of imidazole rings is 1. The highest BCUT2D eigenvalue weighted by Crippen LogP contribution is 2.38. The van der Waals surface area contributed by atoms with Gasteiger partial charge in [0.15, 0.2) is 0 Å². The van der Waals surface area contributed by atoms with Crippen LogP contribution in [-0.2, 0) is 17.7 Å². The van der Waals surface area contributed by atoms with E-state index in [-0.39, 0.29) is 6.03 Å². The summed E-state index contributed by atoms with van der Waals surface area (Å²) in [5.74, 6) is 2.02. The molecule has 1 aliphatic carbocycles. The van der Waals surface area contributed by atoms with E-state index >= 15 is 0 Å². The molecule has 1 saturated heterocycles. The molecule has 2 aliphatic rings. The van der Waals surface area contributed by atoms with Crippen LogP contribution in [0.5, 0.6) is 0 Å². The van der Waals surface area contributed by atoms with Crippen LogP contribution in [-0.4, -0.2) is 53.3 Å². The van der Waals surface area contributed by atoms with E-state index in [1.807, 2.05) is 23.1 Å². The average molecular weight is 356 g/mol. The van der Waals surface area contributed by atoms with Crippen molar-refractivity contribution < 1.29 is 9.53 Å². The Morgan fingerprint density at radius 2 is 2.00 bits per heavy atom. The van der Waals surface area contributed by atoms with Gasteiger partial charge in [-0.2, -0.15) is 0 Å². The highest BCUT2D eigenvalue weighted by atomic mass is 16.5. The van der Waals surface area contributed by atoms with Crippen LogP contribution < -0.4 is 5.32 Å². The molecule has 6 heteroatoms. The maximum absolute atomic E-state index is 12.6. The van der Waals surface area contributed by atoms with Gasteiger partial charge >= 0.3 is 6.03 Å². The standard InChI is InChI=1S/C20H28N4O2/c1-3-24-17-7-5-4-6-16(17)22-18(24)10-11-21-20(25)23-12-14-8-9-15(13-23)19(14)26-2/h4-7,14-15,19H,3,8-13H2,1-2H3,(H,21,25)/t14-,15+,19?. The number of rotatable bonds is 5. The van der Waals surface area contributed by atoms with Crippen molar-refractivity contribution in [3.63, 3.8) is 0 Å². The summed E-state index contributed by atoms with van der Waals surface area (Å²) in [5.41, 5.74) is 2.18. The first kappa shape index (κ1) is 17.3. The number of likely N-dealkylation sites (tertiary alicyclic amines) is 1. The number of aromatic nitrogens is 2. The van der Waals surface area contributed by atoms with E-state index in [1.54, 1.807) is 7.11 Å². The second-order valence-electron chi connectivity index (χ2n) is 7.45. The van der Waals surface area contributed by atoms with Crippen molar-refractivity contribution >= 4 is 17.1 Å². The normalized spacial score (nSPS) is 25.0.